The van der Waals surface area contributed by atoms with E-state index in [1.807, 2.05) is 36.5 Å². The van der Waals surface area contributed by atoms with Crippen molar-refractivity contribution in [2.75, 3.05) is 0 Å². The van der Waals surface area contributed by atoms with E-state index in [2.05, 4.69) is 57.3 Å². The number of hydrogen-bond donors (Lipinski definition) is 0. The summed E-state index contributed by atoms with van der Waals surface area (Å²) in [5, 5.41) is 2.36. The minimum atomic E-state index is 0.989. The molecule has 0 aliphatic carbocycles. The van der Waals surface area contributed by atoms with Gasteiger partial charge in [-0.2, -0.15) is 0 Å². The molecule has 0 radical (unpaired) electrons. The fourth-order valence-electron chi connectivity index (χ4n) is 2.04. The van der Waals surface area contributed by atoms with Crippen molar-refractivity contribution in [1.29, 1.82) is 0 Å². The van der Waals surface area contributed by atoms with Crippen molar-refractivity contribution in [3.63, 3.8) is 0 Å². The molecule has 1 heterocycles. The smallest absolute Gasteiger partial charge is 0.0708 e. The van der Waals surface area contributed by atoms with Crippen LogP contribution in [-0.2, 0) is 0 Å². The average Bonchev–Trinajstić information content (AvgIpc) is 2.46. The maximum Gasteiger partial charge on any atom is 0.0708 e. The van der Waals surface area contributed by atoms with Gasteiger partial charge in [-0.15, -0.1) is 0 Å². The highest BCUT2D eigenvalue weighted by atomic mass is 79.9. The summed E-state index contributed by atoms with van der Waals surface area (Å²) in [4.78, 5) is 4.46. The topological polar surface area (TPSA) is 12.9 Å². The molecule has 0 aliphatic heterocycles. The summed E-state index contributed by atoms with van der Waals surface area (Å²) in [6.07, 6.45) is 5.99. The van der Waals surface area contributed by atoms with Crippen molar-refractivity contribution >= 4 is 38.9 Å². The van der Waals surface area contributed by atoms with Gasteiger partial charge in [-0.3, -0.25) is 4.98 Å². The zero-order valence-electron chi connectivity index (χ0n) is 10.3. The molecule has 3 aromatic rings. The van der Waals surface area contributed by atoms with Gasteiger partial charge in [0.05, 0.1) is 5.69 Å². The molecule has 0 bridgehead atoms. The Labute approximate surface area is 120 Å². The maximum atomic E-state index is 4.46. The van der Waals surface area contributed by atoms with Gasteiger partial charge in [0.15, 0.2) is 0 Å². The number of pyridine rings is 1. The first-order valence-electron chi connectivity index (χ1n) is 6.10. The van der Waals surface area contributed by atoms with Crippen molar-refractivity contribution in [3.8, 4) is 0 Å². The molecule has 0 spiro atoms. The summed E-state index contributed by atoms with van der Waals surface area (Å²) in [7, 11) is 0. The molecule has 0 saturated heterocycles. The van der Waals surface area contributed by atoms with Crippen LogP contribution < -0.4 is 0 Å². The second-order valence-corrected chi connectivity index (χ2v) is 5.22. The van der Waals surface area contributed by atoms with E-state index in [1.165, 1.54) is 10.9 Å². The number of nitrogens with zero attached hydrogens (tertiary/aromatic N) is 1. The van der Waals surface area contributed by atoms with E-state index in [-0.39, 0.29) is 0 Å². The Morgan fingerprint density at radius 2 is 1.74 bits per heavy atom. The fraction of sp³-hybridized carbons (Fsp3) is 0. The molecule has 0 N–H and O–H groups in total. The van der Waals surface area contributed by atoms with Gasteiger partial charge in [-0.05, 0) is 35.2 Å². The predicted octanol–water partition coefficient (Wildman–Crippen LogP) is 5.17. The number of fused-ring (bicyclic) bond motifs is 1. The van der Waals surface area contributed by atoms with E-state index < -0.39 is 0 Å². The highest BCUT2D eigenvalue weighted by Gasteiger charge is 2.00. The third-order valence-corrected chi connectivity index (χ3v) is 3.49. The molecule has 3 rings (SSSR count). The first kappa shape index (κ1) is 12.1. The molecule has 19 heavy (non-hydrogen) atoms. The molecule has 0 atom stereocenters. The van der Waals surface area contributed by atoms with Crippen LogP contribution in [0.25, 0.3) is 22.9 Å². The molecule has 0 fully saturated rings. The Hall–Kier alpha value is -1.93. The lowest BCUT2D eigenvalue weighted by Crippen LogP contribution is -1.83. The van der Waals surface area contributed by atoms with Crippen LogP contribution in [0.2, 0.25) is 0 Å². The second-order valence-electron chi connectivity index (χ2n) is 4.31. The van der Waals surface area contributed by atoms with Crippen molar-refractivity contribution in [2.45, 2.75) is 0 Å². The molecule has 1 nitrogen and oxygen atoms in total. The first-order chi connectivity index (χ1) is 9.33. The Balaban J connectivity index is 2.06. The highest BCUT2D eigenvalue weighted by Crippen LogP contribution is 2.23. The van der Waals surface area contributed by atoms with E-state index >= 15 is 0 Å². The van der Waals surface area contributed by atoms with E-state index in [0.717, 1.165) is 15.6 Å². The number of halogens is 1. The van der Waals surface area contributed by atoms with Gasteiger partial charge in [0.2, 0.25) is 0 Å². The standard InChI is InChI=1S/C17H12BrN/c18-15-8-7-14-10-11-19-17(16(14)12-15)9-6-13-4-2-1-3-5-13/h1-12H. The van der Waals surface area contributed by atoms with Gasteiger partial charge in [-0.25, -0.2) is 0 Å². The number of aromatic nitrogens is 1. The zero-order chi connectivity index (χ0) is 13.1. The van der Waals surface area contributed by atoms with Crippen molar-refractivity contribution in [3.05, 3.63) is 76.5 Å². The molecular formula is C17H12BrN. The van der Waals surface area contributed by atoms with Crippen LogP contribution in [0, 0.1) is 0 Å². The highest BCUT2D eigenvalue weighted by molar-refractivity contribution is 9.10. The van der Waals surface area contributed by atoms with Gasteiger partial charge in [0.25, 0.3) is 0 Å². The normalized spacial score (nSPS) is 11.2. The Kier molecular flexibility index (Phi) is 3.43. The van der Waals surface area contributed by atoms with Gasteiger partial charge in [0.1, 0.15) is 0 Å². The number of rotatable bonds is 2. The SMILES string of the molecule is Brc1ccc2ccnc(C=Cc3ccccc3)c2c1. The minimum Gasteiger partial charge on any atom is -0.256 e. The predicted molar refractivity (Wildman–Crippen MR) is 84.8 cm³/mol. The van der Waals surface area contributed by atoms with Crippen molar-refractivity contribution in [2.24, 2.45) is 0 Å². The summed E-state index contributed by atoms with van der Waals surface area (Å²) >= 11 is 3.51. The summed E-state index contributed by atoms with van der Waals surface area (Å²) in [6, 6.07) is 18.5. The van der Waals surface area contributed by atoms with Crippen LogP contribution >= 0.6 is 15.9 Å². The Morgan fingerprint density at radius 1 is 0.895 bits per heavy atom. The second kappa shape index (κ2) is 5.37. The van der Waals surface area contributed by atoms with E-state index in [9.17, 15) is 0 Å². The molecule has 2 aromatic carbocycles. The Morgan fingerprint density at radius 3 is 2.58 bits per heavy atom. The lowest BCUT2D eigenvalue weighted by Gasteiger charge is -2.02. The number of benzene rings is 2. The molecule has 0 unspecified atom stereocenters. The van der Waals surface area contributed by atoms with E-state index in [0.29, 0.717) is 0 Å². The molecular weight excluding hydrogens is 298 g/mol. The minimum absolute atomic E-state index is 0.989. The molecule has 0 saturated carbocycles. The van der Waals surface area contributed by atoms with Crippen LogP contribution in [0.5, 0.6) is 0 Å². The quantitative estimate of drug-likeness (QED) is 0.636. The van der Waals surface area contributed by atoms with Crippen LogP contribution in [0.4, 0.5) is 0 Å². The van der Waals surface area contributed by atoms with Crippen LogP contribution in [0.1, 0.15) is 11.3 Å². The summed E-state index contributed by atoms with van der Waals surface area (Å²) in [5.74, 6) is 0. The lowest BCUT2D eigenvalue weighted by molar-refractivity contribution is 1.33. The number of hydrogen-bond acceptors (Lipinski definition) is 1. The lowest BCUT2D eigenvalue weighted by atomic mass is 10.1. The van der Waals surface area contributed by atoms with Crippen LogP contribution in [-0.4, -0.2) is 4.98 Å². The molecule has 0 aliphatic rings. The maximum absolute atomic E-state index is 4.46. The monoisotopic (exact) mass is 309 g/mol. The average molecular weight is 310 g/mol. The van der Waals surface area contributed by atoms with E-state index in [4.69, 9.17) is 0 Å². The van der Waals surface area contributed by atoms with Crippen molar-refractivity contribution < 1.29 is 0 Å². The van der Waals surface area contributed by atoms with Gasteiger partial charge < -0.3 is 0 Å². The molecule has 2 heteroatoms. The van der Waals surface area contributed by atoms with Crippen LogP contribution in [0.15, 0.2) is 65.3 Å². The van der Waals surface area contributed by atoms with E-state index in [1.54, 1.807) is 0 Å². The zero-order valence-corrected chi connectivity index (χ0v) is 11.8. The van der Waals surface area contributed by atoms with Crippen molar-refractivity contribution in [1.82, 2.24) is 4.98 Å². The summed E-state index contributed by atoms with van der Waals surface area (Å²) < 4.78 is 1.07. The molecule has 0 amide bonds. The van der Waals surface area contributed by atoms with Gasteiger partial charge in [-0.1, -0.05) is 58.4 Å². The summed E-state index contributed by atoms with van der Waals surface area (Å²) in [6.45, 7) is 0. The third kappa shape index (κ3) is 2.74. The Bertz CT molecular complexity index is 733. The molecule has 1 aromatic heterocycles. The van der Waals surface area contributed by atoms with Gasteiger partial charge in [0, 0.05) is 16.1 Å². The molecule has 92 valence electrons. The largest absolute Gasteiger partial charge is 0.256 e. The third-order valence-electron chi connectivity index (χ3n) is 2.99. The fourth-order valence-corrected chi connectivity index (χ4v) is 2.40. The van der Waals surface area contributed by atoms with Gasteiger partial charge >= 0.3 is 0 Å². The summed E-state index contributed by atoms with van der Waals surface area (Å²) in [5.41, 5.74) is 2.17. The first-order valence-corrected chi connectivity index (χ1v) is 6.90. The van der Waals surface area contributed by atoms with Crippen LogP contribution in [0.3, 0.4) is 0 Å².